The second-order valence-corrected chi connectivity index (χ2v) is 6.24. The van der Waals surface area contributed by atoms with Gasteiger partial charge in [-0.25, -0.2) is 12.7 Å². The van der Waals surface area contributed by atoms with E-state index in [1.807, 2.05) is 0 Å². The molecule has 17 heavy (non-hydrogen) atoms. The van der Waals surface area contributed by atoms with Gasteiger partial charge in [-0.2, -0.15) is 0 Å². The van der Waals surface area contributed by atoms with Crippen LogP contribution in [0.3, 0.4) is 0 Å². The van der Waals surface area contributed by atoms with Gasteiger partial charge in [-0.05, 0) is 12.8 Å². The Hall–Kier alpha value is -1.15. The highest BCUT2D eigenvalue weighted by atomic mass is 32.2. The van der Waals surface area contributed by atoms with Crippen LogP contribution in [-0.4, -0.2) is 55.2 Å². The van der Waals surface area contributed by atoms with Crippen LogP contribution in [-0.2, 0) is 24.3 Å². The molecule has 1 aliphatic heterocycles. The number of hydrogen-bond donors (Lipinski definition) is 1. The van der Waals surface area contributed by atoms with Crippen molar-refractivity contribution >= 4 is 22.0 Å². The van der Waals surface area contributed by atoms with Gasteiger partial charge in [0.15, 0.2) is 5.25 Å². The number of hydrogen-bond acceptors (Lipinski definition) is 5. The number of carbonyl (C=O) groups excluding carboxylic acids is 1. The van der Waals surface area contributed by atoms with Crippen LogP contribution in [0, 0.1) is 5.92 Å². The van der Waals surface area contributed by atoms with Crippen LogP contribution in [0.1, 0.15) is 13.3 Å². The summed E-state index contributed by atoms with van der Waals surface area (Å²) in [6, 6.07) is 0. The van der Waals surface area contributed by atoms with E-state index in [1.54, 1.807) is 0 Å². The SMILES string of the molecule is COC(=O)C(C)S(=O)(=O)N1CC(CC(=O)O)C1. The van der Waals surface area contributed by atoms with Crippen LogP contribution >= 0.6 is 0 Å². The maximum Gasteiger partial charge on any atom is 0.325 e. The van der Waals surface area contributed by atoms with E-state index in [4.69, 9.17) is 5.11 Å². The smallest absolute Gasteiger partial charge is 0.325 e. The average Bonchev–Trinajstić information content (AvgIpc) is 2.19. The topological polar surface area (TPSA) is 101 Å². The number of carbonyl (C=O) groups is 2. The molecule has 0 amide bonds. The Morgan fingerprint density at radius 1 is 1.47 bits per heavy atom. The largest absolute Gasteiger partial charge is 0.481 e. The predicted molar refractivity (Wildman–Crippen MR) is 57.7 cm³/mol. The van der Waals surface area contributed by atoms with E-state index >= 15 is 0 Å². The lowest BCUT2D eigenvalue weighted by molar-refractivity contribution is -0.141. The van der Waals surface area contributed by atoms with Gasteiger partial charge in [-0.15, -0.1) is 0 Å². The molecule has 0 aromatic heterocycles. The first kappa shape index (κ1) is 13.9. The lowest BCUT2D eigenvalue weighted by Crippen LogP contribution is -2.54. The molecule has 0 aromatic rings. The molecule has 1 atom stereocenters. The Morgan fingerprint density at radius 3 is 2.41 bits per heavy atom. The summed E-state index contributed by atoms with van der Waals surface area (Å²) in [5.41, 5.74) is 0. The van der Waals surface area contributed by atoms with Crippen molar-refractivity contribution in [3.63, 3.8) is 0 Å². The number of ether oxygens (including phenoxy) is 1. The first-order chi connectivity index (χ1) is 7.78. The van der Waals surface area contributed by atoms with E-state index in [-0.39, 0.29) is 25.4 Å². The fraction of sp³-hybridized carbons (Fsp3) is 0.778. The summed E-state index contributed by atoms with van der Waals surface area (Å²) < 4.78 is 29.1. The minimum atomic E-state index is -3.72. The molecule has 0 aromatic carbocycles. The van der Waals surface area contributed by atoms with Crippen molar-refractivity contribution in [2.24, 2.45) is 5.92 Å². The Labute approximate surface area is 99.4 Å². The fourth-order valence-corrected chi connectivity index (χ4v) is 3.24. The molecule has 0 spiro atoms. The third-order valence-electron chi connectivity index (χ3n) is 2.73. The summed E-state index contributed by atoms with van der Waals surface area (Å²) >= 11 is 0. The molecule has 1 aliphatic rings. The molecule has 0 radical (unpaired) electrons. The van der Waals surface area contributed by atoms with Gasteiger partial charge in [-0.1, -0.05) is 0 Å². The molecule has 0 saturated carbocycles. The maximum atomic E-state index is 11.8. The van der Waals surface area contributed by atoms with Gasteiger partial charge in [0.25, 0.3) is 0 Å². The van der Waals surface area contributed by atoms with Gasteiger partial charge >= 0.3 is 11.9 Å². The molecule has 1 saturated heterocycles. The second kappa shape index (κ2) is 5.01. The Bertz CT molecular complexity index is 411. The molecule has 1 heterocycles. The fourth-order valence-electron chi connectivity index (χ4n) is 1.62. The van der Waals surface area contributed by atoms with Crippen molar-refractivity contribution in [2.75, 3.05) is 20.2 Å². The maximum absolute atomic E-state index is 11.8. The van der Waals surface area contributed by atoms with Gasteiger partial charge in [0.1, 0.15) is 0 Å². The lowest BCUT2D eigenvalue weighted by atomic mass is 10.00. The Balaban J connectivity index is 2.58. The first-order valence-electron chi connectivity index (χ1n) is 5.07. The second-order valence-electron chi connectivity index (χ2n) is 3.99. The summed E-state index contributed by atoms with van der Waals surface area (Å²) in [5.74, 6) is -1.94. The normalized spacial score (nSPS) is 19.4. The lowest BCUT2D eigenvalue weighted by Gasteiger charge is -2.38. The Kier molecular flexibility index (Phi) is 4.10. The highest BCUT2D eigenvalue weighted by molar-refractivity contribution is 7.90. The van der Waals surface area contributed by atoms with Crippen molar-refractivity contribution in [3.05, 3.63) is 0 Å². The van der Waals surface area contributed by atoms with Gasteiger partial charge < -0.3 is 9.84 Å². The molecule has 7 nitrogen and oxygen atoms in total. The zero-order chi connectivity index (χ0) is 13.2. The summed E-state index contributed by atoms with van der Waals surface area (Å²) in [5, 5.41) is 7.28. The number of methoxy groups -OCH3 is 1. The number of carboxylic acid groups (broad SMARTS) is 1. The molecule has 98 valence electrons. The summed E-state index contributed by atoms with van der Waals surface area (Å²) in [6.45, 7) is 1.55. The van der Waals surface area contributed by atoms with Crippen LogP contribution in [0.25, 0.3) is 0 Å². The molecule has 1 rings (SSSR count). The van der Waals surface area contributed by atoms with Crippen LogP contribution in [0.15, 0.2) is 0 Å². The van der Waals surface area contributed by atoms with Crippen molar-refractivity contribution in [1.29, 1.82) is 0 Å². The molecule has 8 heteroatoms. The van der Waals surface area contributed by atoms with E-state index in [0.717, 1.165) is 11.4 Å². The standard InChI is InChI=1S/C9H15NO6S/c1-6(9(13)16-2)17(14,15)10-4-7(5-10)3-8(11)12/h6-7H,3-5H2,1-2H3,(H,11,12). The summed E-state index contributed by atoms with van der Waals surface area (Å²) in [6.07, 6.45) is -0.0569. The van der Waals surface area contributed by atoms with Gasteiger partial charge in [0.05, 0.1) is 13.5 Å². The quantitative estimate of drug-likeness (QED) is 0.659. The molecule has 1 N–H and O–H groups in total. The Morgan fingerprint density at radius 2 is 2.00 bits per heavy atom. The minimum Gasteiger partial charge on any atom is -0.481 e. The van der Waals surface area contributed by atoms with E-state index in [9.17, 15) is 18.0 Å². The monoisotopic (exact) mass is 265 g/mol. The highest BCUT2D eigenvalue weighted by Crippen LogP contribution is 2.25. The molecule has 1 fully saturated rings. The molecule has 1 unspecified atom stereocenters. The average molecular weight is 265 g/mol. The van der Waals surface area contributed by atoms with E-state index in [1.165, 1.54) is 6.92 Å². The number of sulfonamides is 1. The summed E-state index contributed by atoms with van der Waals surface area (Å²) in [7, 11) is -2.59. The number of rotatable bonds is 5. The molecule has 0 bridgehead atoms. The molecular weight excluding hydrogens is 250 g/mol. The molecule has 0 aliphatic carbocycles. The predicted octanol–water partition coefficient (Wildman–Crippen LogP) is -0.716. The van der Waals surface area contributed by atoms with Crippen molar-refractivity contribution in [2.45, 2.75) is 18.6 Å². The first-order valence-corrected chi connectivity index (χ1v) is 6.58. The van der Waals surface area contributed by atoms with Gasteiger partial charge in [-0.3, -0.25) is 9.59 Å². The van der Waals surface area contributed by atoms with Gasteiger partial charge in [0.2, 0.25) is 10.0 Å². The third kappa shape index (κ3) is 2.95. The van der Waals surface area contributed by atoms with Crippen LogP contribution < -0.4 is 0 Å². The minimum absolute atomic E-state index is 0.0569. The zero-order valence-electron chi connectivity index (χ0n) is 9.62. The van der Waals surface area contributed by atoms with Crippen molar-refractivity contribution in [1.82, 2.24) is 4.31 Å². The van der Waals surface area contributed by atoms with Crippen LogP contribution in [0.2, 0.25) is 0 Å². The number of esters is 1. The number of nitrogens with zero attached hydrogens (tertiary/aromatic N) is 1. The number of aliphatic carboxylic acids is 1. The van der Waals surface area contributed by atoms with E-state index in [0.29, 0.717) is 0 Å². The van der Waals surface area contributed by atoms with Gasteiger partial charge in [0, 0.05) is 13.1 Å². The molecular formula is C9H15NO6S. The van der Waals surface area contributed by atoms with E-state index in [2.05, 4.69) is 4.74 Å². The van der Waals surface area contributed by atoms with Crippen molar-refractivity contribution < 1.29 is 27.9 Å². The van der Waals surface area contributed by atoms with E-state index < -0.39 is 27.2 Å². The third-order valence-corrected chi connectivity index (χ3v) is 4.83. The zero-order valence-corrected chi connectivity index (χ0v) is 10.4. The van der Waals surface area contributed by atoms with Crippen molar-refractivity contribution in [3.8, 4) is 0 Å². The number of carboxylic acids is 1. The van der Waals surface area contributed by atoms with Crippen LogP contribution in [0.5, 0.6) is 0 Å². The highest BCUT2D eigenvalue weighted by Gasteiger charge is 2.42. The summed E-state index contributed by atoms with van der Waals surface area (Å²) in [4.78, 5) is 21.5. The van der Waals surface area contributed by atoms with Crippen LogP contribution in [0.4, 0.5) is 0 Å².